The van der Waals surface area contributed by atoms with E-state index in [9.17, 15) is 14.4 Å². The number of likely N-dealkylation sites (N-methyl/N-ethyl adjacent to an activating group) is 1. The van der Waals surface area contributed by atoms with Crippen molar-refractivity contribution >= 4 is 35.3 Å². The van der Waals surface area contributed by atoms with Gasteiger partial charge in [-0.3, -0.25) is 20.3 Å². The molecule has 0 unspecified atom stereocenters. The number of benzene rings is 1. The van der Waals surface area contributed by atoms with E-state index in [1.807, 2.05) is 27.7 Å². The molecule has 0 spiro atoms. The molecule has 2 heterocycles. The number of amidine groups is 1. The Labute approximate surface area is 215 Å². The van der Waals surface area contributed by atoms with E-state index in [4.69, 9.17) is 20.3 Å². The van der Waals surface area contributed by atoms with Crippen molar-refractivity contribution in [1.82, 2.24) is 20.5 Å². The molecule has 0 aliphatic carbocycles. The van der Waals surface area contributed by atoms with Crippen LogP contribution in [0.25, 0.3) is 11.1 Å². The van der Waals surface area contributed by atoms with Crippen LogP contribution in [0.4, 0.5) is 4.79 Å². The van der Waals surface area contributed by atoms with Crippen molar-refractivity contribution in [2.45, 2.75) is 39.7 Å². The first-order valence-corrected chi connectivity index (χ1v) is 11.8. The van der Waals surface area contributed by atoms with Crippen LogP contribution in [0.15, 0.2) is 40.8 Å². The molecule has 0 saturated heterocycles. The molecule has 1 aromatic carbocycles. The number of nitrogens with zero attached hydrogens (tertiary/aromatic N) is 2. The van der Waals surface area contributed by atoms with E-state index in [-0.39, 0.29) is 30.4 Å². The summed E-state index contributed by atoms with van der Waals surface area (Å²) in [5.41, 5.74) is 6.68. The number of ether oxygens (including phenoxy) is 1. The Balaban J connectivity index is 0.00000235. The predicted octanol–water partition coefficient (Wildman–Crippen LogP) is 3.29. The summed E-state index contributed by atoms with van der Waals surface area (Å²) in [5.74, 6) is 0.386. The maximum atomic E-state index is 13.4. The van der Waals surface area contributed by atoms with Crippen LogP contribution in [0.1, 0.15) is 54.6 Å². The molecule has 11 heteroatoms. The summed E-state index contributed by atoms with van der Waals surface area (Å²) in [7, 11) is 3.13. The first-order chi connectivity index (χ1) is 17.6. The second-order valence-corrected chi connectivity index (χ2v) is 8.10. The average molecular weight is 511 g/mol. The topological polar surface area (TPSA) is 164 Å². The van der Waals surface area contributed by atoms with Crippen molar-refractivity contribution in [2.24, 2.45) is 5.73 Å². The van der Waals surface area contributed by atoms with E-state index in [1.54, 1.807) is 43.4 Å². The van der Waals surface area contributed by atoms with Gasteiger partial charge in [0.1, 0.15) is 34.1 Å². The molecule has 11 nitrogen and oxygen atoms in total. The number of aromatic nitrogens is 1. The van der Waals surface area contributed by atoms with Gasteiger partial charge in [-0.2, -0.15) is 0 Å². The van der Waals surface area contributed by atoms with Crippen molar-refractivity contribution in [3.8, 4) is 5.75 Å². The summed E-state index contributed by atoms with van der Waals surface area (Å²) < 4.78 is 11.3. The monoisotopic (exact) mass is 510 g/mol. The highest BCUT2D eigenvalue weighted by molar-refractivity contribution is 5.96. The van der Waals surface area contributed by atoms with Crippen molar-refractivity contribution in [3.63, 3.8) is 0 Å². The van der Waals surface area contributed by atoms with E-state index in [1.165, 1.54) is 12.0 Å². The molecule has 0 radical (unpaired) electrons. The van der Waals surface area contributed by atoms with Crippen LogP contribution in [-0.4, -0.2) is 54.8 Å². The highest BCUT2D eigenvalue weighted by Gasteiger charge is 2.38. The number of aryl methyl sites for hydroxylation is 1. The molecule has 3 aromatic rings. The maximum absolute atomic E-state index is 13.4. The molecule has 198 valence electrons. The Kier molecular flexibility index (Phi) is 9.75. The minimum absolute atomic E-state index is 0.0185. The number of carbonyl (C=O) groups excluding carboxylic acids is 3. The number of pyridine rings is 1. The largest absolute Gasteiger partial charge is 0.497 e. The molecule has 37 heavy (non-hydrogen) atoms. The number of nitrogens with two attached hydrogens (primary N) is 1. The average Bonchev–Trinajstić information content (AvgIpc) is 3.33. The molecule has 1 atom stereocenters. The first-order valence-electron chi connectivity index (χ1n) is 11.8. The fourth-order valence-corrected chi connectivity index (χ4v) is 3.81. The summed E-state index contributed by atoms with van der Waals surface area (Å²) in [6, 6.07) is 9.27. The molecular weight excluding hydrogens is 476 g/mol. The van der Waals surface area contributed by atoms with Crippen molar-refractivity contribution in [1.29, 1.82) is 5.41 Å². The van der Waals surface area contributed by atoms with E-state index >= 15 is 0 Å². The first kappa shape index (κ1) is 28.8. The minimum atomic E-state index is -1.21. The number of carbonyl (C=O) groups is 3. The standard InChI is InChI=1S/C24H28N6O5.C2H6/c1-5-24(29-23(33)27-13-31,20-11-18-19(35-20)9-8-17(28-18)21(25)26)12-30(3)22(32)16-10-15(34-4)7-6-14(16)2;1-2/h6-11,13H,5,12H2,1-4H3,(H3,25,26)(H2,27,29,31,33);1-2H3/t24-;/m0./s1. The van der Waals surface area contributed by atoms with Gasteiger partial charge in [-0.05, 0) is 43.2 Å². The lowest BCUT2D eigenvalue weighted by atomic mass is 9.91. The van der Waals surface area contributed by atoms with Crippen LogP contribution in [-0.2, 0) is 10.3 Å². The zero-order chi connectivity index (χ0) is 27.8. The number of urea groups is 1. The highest BCUT2D eigenvalue weighted by Crippen LogP contribution is 2.32. The summed E-state index contributed by atoms with van der Waals surface area (Å²) in [4.78, 5) is 42.5. The summed E-state index contributed by atoms with van der Waals surface area (Å²) >= 11 is 0. The second-order valence-electron chi connectivity index (χ2n) is 8.10. The van der Waals surface area contributed by atoms with E-state index in [0.717, 1.165) is 5.56 Å². The second kappa shape index (κ2) is 12.5. The van der Waals surface area contributed by atoms with Crippen LogP contribution in [0.2, 0.25) is 0 Å². The number of nitrogens with one attached hydrogen (secondary N) is 3. The van der Waals surface area contributed by atoms with Crippen LogP contribution in [0.5, 0.6) is 5.75 Å². The highest BCUT2D eigenvalue weighted by atomic mass is 16.5. The Hall–Kier alpha value is -4.41. The fourth-order valence-electron chi connectivity index (χ4n) is 3.81. The SMILES string of the molecule is CC.CC[C@@](CN(C)C(=O)c1cc(OC)ccc1C)(NC(=O)NC=O)c1cc2nc(C(=N)N)ccc2o1. The number of amides is 4. The van der Waals surface area contributed by atoms with E-state index < -0.39 is 11.6 Å². The van der Waals surface area contributed by atoms with E-state index in [2.05, 4.69) is 15.6 Å². The van der Waals surface area contributed by atoms with Gasteiger partial charge in [0.15, 0.2) is 5.58 Å². The van der Waals surface area contributed by atoms with Gasteiger partial charge >= 0.3 is 6.03 Å². The van der Waals surface area contributed by atoms with Crippen LogP contribution < -0.4 is 21.1 Å². The molecule has 3 rings (SSSR count). The normalized spacial score (nSPS) is 11.9. The lowest BCUT2D eigenvalue weighted by Gasteiger charge is -2.35. The van der Waals surface area contributed by atoms with Crippen molar-refractivity contribution < 1.29 is 23.5 Å². The number of rotatable bonds is 9. The van der Waals surface area contributed by atoms with Gasteiger partial charge < -0.3 is 25.1 Å². The quantitative estimate of drug-likeness (QED) is 0.195. The van der Waals surface area contributed by atoms with Crippen LogP contribution in [0.3, 0.4) is 0 Å². The number of methoxy groups -OCH3 is 1. The molecule has 2 aromatic heterocycles. The Morgan fingerprint density at radius 1 is 1.24 bits per heavy atom. The summed E-state index contributed by atoms with van der Waals surface area (Å²) in [5, 5.41) is 12.5. The molecule has 0 aliphatic heterocycles. The zero-order valence-electron chi connectivity index (χ0n) is 22.0. The van der Waals surface area contributed by atoms with Crippen molar-refractivity contribution in [3.05, 3.63) is 59.0 Å². The minimum Gasteiger partial charge on any atom is -0.497 e. The molecule has 0 fully saturated rings. The van der Waals surface area contributed by atoms with E-state index in [0.29, 0.717) is 34.6 Å². The molecule has 0 bridgehead atoms. The van der Waals surface area contributed by atoms with Gasteiger partial charge in [0.2, 0.25) is 6.41 Å². The summed E-state index contributed by atoms with van der Waals surface area (Å²) in [6.45, 7) is 7.66. The maximum Gasteiger partial charge on any atom is 0.322 e. The van der Waals surface area contributed by atoms with Crippen LogP contribution >= 0.6 is 0 Å². The lowest BCUT2D eigenvalue weighted by Crippen LogP contribution is -2.55. The number of furan rings is 1. The Morgan fingerprint density at radius 2 is 1.95 bits per heavy atom. The number of hydrogen-bond donors (Lipinski definition) is 4. The molecular formula is C26H34N6O5. The number of nitrogen functional groups attached to an aromatic ring is 1. The smallest absolute Gasteiger partial charge is 0.322 e. The third-order valence-electron chi connectivity index (χ3n) is 5.80. The van der Waals surface area contributed by atoms with Gasteiger partial charge in [-0.25, -0.2) is 9.78 Å². The third kappa shape index (κ3) is 6.43. The van der Waals surface area contributed by atoms with Gasteiger partial charge in [-0.1, -0.05) is 26.8 Å². The predicted molar refractivity (Wildman–Crippen MR) is 141 cm³/mol. The molecule has 0 saturated carbocycles. The fraction of sp³-hybridized carbons (Fsp3) is 0.346. The number of imide groups is 1. The third-order valence-corrected chi connectivity index (χ3v) is 5.80. The van der Waals surface area contributed by atoms with Crippen LogP contribution in [0, 0.1) is 12.3 Å². The number of fused-ring (bicyclic) bond motifs is 1. The number of hydrogen-bond acceptors (Lipinski definition) is 7. The summed E-state index contributed by atoms with van der Waals surface area (Å²) in [6.07, 6.45) is 0.580. The lowest BCUT2D eigenvalue weighted by molar-refractivity contribution is -0.108. The van der Waals surface area contributed by atoms with Gasteiger partial charge in [0, 0.05) is 18.7 Å². The van der Waals surface area contributed by atoms with Crippen molar-refractivity contribution in [2.75, 3.05) is 20.7 Å². The molecule has 5 N–H and O–H groups in total. The van der Waals surface area contributed by atoms with Gasteiger partial charge in [0.05, 0.1) is 13.7 Å². The Morgan fingerprint density at radius 3 is 2.54 bits per heavy atom. The van der Waals surface area contributed by atoms with Gasteiger partial charge in [-0.15, -0.1) is 0 Å². The zero-order valence-corrected chi connectivity index (χ0v) is 22.0. The molecule has 4 amide bonds. The molecule has 0 aliphatic rings. The Bertz CT molecular complexity index is 1290. The van der Waals surface area contributed by atoms with Gasteiger partial charge in [0.25, 0.3) is 5.91 Å².